The number of hydrogen-bond acceptors (Lipinski definition) is 3. The van der Waals surface area contributed by atoms with Gasteiger partial charge in [0, 0.05) is 17.1 Å². The lowest BCUT2D eigenvalue weighted by Gasteiger charge is -2.12. The second-order valence-electron chi connectivity index (χ2n) is 4.99. The lowest BCUT2D eigenvalue weighted by atomic mass is 10.2. The molecule has 1 aromatic heterocycles. The smallest absolute Gasteiger partial charge is 0.254 e. The summed E-state index contributed by atoms with van der Waals surface area (Å²) in [5.74, 6) is 0.600. The molecule has 0 radical (unpaired) electrons. The molecule has 5 nitrogen and oxygen atoms in total. The topological polar surface area (TPSA) is 56.2 Å². The van der Waals surface area contributed by atoms with E-state index < -0.39 is 0 Å². The molecule has 1 atom stereocenters. The van der Waals surface area contributed by atoms with Crippen LogP contribution in [0.2, 0.25) is 0 Å². The van der Waals surface area contributed by atoms with Gasteiger partial charge in [-0.2, -0.15) is 5.10 Å². The first kappa shape index (κ1) is 14.3. The van der Waals surface area contributed by atoms with Crippen LogP contribution in [0, 0.1) is 0 Å². The SMILES string of the molecule is O=C(Nc1ccnn1Cc1ccc(Br)cc1)[C@H]1CCCO1. The number of carbonyl (C=O) groups is 1. The minimum absolute atomic E-state index is 0.0925. The second-order valence-corrected chi connectivity index (χ2v) is 5.91. The van der Waals surface area contributed by atoms with Gasteiger partial charge in [-0.1, -0.05) is 28.1 Å². The van der Waals surface area contributed by atoms with Crippen LogP contribution < -0.4 is 5.32 Å². The first-order valence-electron chi connectivity index (χ1n) is 6.91. The van der Waals surface area contributed by atoms with Gasteiger partial charge < -0.3 is 10.1 Å². The molecule has 6 heteroatoms. The molecule has 1 amide bonds. The number of anilines is 1. The van der Waals surface area contributed by atoms with E-state index >= 15 is 0 Å². The van der Waals surface area contributed by atoms with Crippen molar-refractivity contribution in [2.75, 3.05) is 11.9 Å². The van der Waals surface area contributed by atoms with Crippen molar-refractivity contribution in [3.8, 4) is 0 Å². The first-order chi connectivity index (χ1) is 10.2. The highest BCUT2D eigenvalue weighted by molar-refractivity contribution is 9.10. The number of amides is 1. The number of rotatable bonds is 4. The summed E-state index contributed by atoms with van der Waals surface area (Å²) in [5.41, 5.74) is 1.12. The fourth-order valence-electron chi connectivity index (χ4n) is 2.32. The molecule has 1 N–H and O–H groups in total. The molecule has 21 heavy (non-hydrogen) atoms. The predicted octanol–water partition coefficient (Wildman–Crippen LogP) is 2.81. The molecule has 2 aromatic rings. The van der Waals surface area contributed by atoms with Gasteiger partial charge in [-0.3, -0.25) is 4.79 Å². The Morgan fingerprint density at radius 1 is 1.38 bits per heavy atom. The summed E-state index contributed by atoms with van der Waals surface area (Å²) < 4.78 is 8.20. The lowest BCUT2D eigenvalue weighted by molar-refractivity contribution is -0.124. The van der Waals surface area contributed by atoms with Crippen LogP contribution in [0.1, 0.15) is 18.4 Å². The zero-order valence-corrected chi connectivity index (χ0v) is 13.0. The summed E-state index contributed by atoms with van der Waals surface area (Å²) >= 11 is 3.41. The summed E-state index contributed by atoms with van der Waals surface area (Å²) in [4.78, 5) is 12.1. The van der Waals surface area contributed by atoms with Crippen LogP contribution in [0.15, 0.2) is 41.0 Å². The monoisotopic (exact) mass is 349 g/mol. The molecule has 1 aromatic carbocycles. The Balaban J connectivity index is 1.68. The van der Waals surface area contributed by atoms with Crippen molar-refractivity contribution in [3.63, 3.8) is 0 Å². The number of aromatic nitrogens is 2. The van der Waals surface area contributed by atoms with Gasteiger partial charge in [0.05, 0.1) is 12.7 Å². The fraction of sp³-hybridized carbons (Fsp3) is 0.333. The maximum Gasteiger partial charge on any atom is 0.254 e. The number of hydrogen-bond donors (Lipinski definition) is 1. The van der Waals surface area contributed by atoms with Crippen LogP contribution in [-0.2, 0) is 16.1 Å². The van der Waals surface area contributed by atoms with E-state index in [0.717, 1.165) is 22.9 Å². The van der Waals surface area contributed by atoms with Crippen molar-refractivity contribution in [2.24, 2.45) is 0 Å². The quantitative estimate of drug-likeness (QED) is 0.923. The Hall–Kier alpha value is -1.66. The Kier molecular flexibility index (Phi) is 4.36. The Labute approximate surface area is 131 Å². The van der Waals surface area contributed by atoms with E-state index in [2.05, 4.69) is 26.3 Å². The summed E-state index contributed by atoms with van der Waals surface area (Å²) in [5, 5.41) is 7.15. The van der Waals surface area contributed by atoms with Crippen molar-refractivity contribution >= 4 is 27.7 Å². The van der Waals surface area contributed by atoms with Gasteiger partial charge >= 0.3 is 0 Å². The molecule has 1 saturated heterocycles. The largest absolute Gasteiger partial charge is 0.368 e. The molecule has 0 spiro atoms. The molecule has 3 rings (SSSR count). The molecule has 110 valence electrons. The third-order valence-electron chi connectivity index (χ3n) is 3.44. The Bertz CT molecular complexity index is 618. The van der Waals surface area contributed by atoms with Gasteiger partial charge in [-0.25, -0.2) is 4.68 Å². The van der Waals surface area contributed by atoms with Crippen LogP contribution in [0.25, 0.3) is 0 Å². The van der Waals surface area contributed by atoms with Crippen molar-refractivity contribution in [3.05, 3.63) is 46.6 Å². The van der Waals surface area contributed by atoms with E-state index in [4.69, 9.17) is 4.74 Å². The number of halogens is 1. The molecule has 0 saturated carbocycles. The van der Waals surface area contributed by atoms with E-state index in [1.807, 2.05) is 24.3 Å². The van der Waals surface area contributed by atoms with Crippen molar-refractivity contribution in [1.82, 2.24) is 9.78 Å². The highest BCUT2D eigenvalue weighted by Gasteiger charge is 2.24. The summed E-state index contributed by atoms with van der Waals surface area (Å²) in [6.07, 6.45) is 3.08. The molecular weight excluding hydrogens is 334 g/mol. The molecule has 0 unspecified atom stereocenters. The van der Waals surface area contributed by atoms with Gasteiger partial charge in [0.1, 0.15) is 11.9 Å². The van der Waals surface area contributed by atoms with Crippen LogP contribution in [0.5, 0.6) is 0 Å². The lowest BCUT2D eigenvalue weighted by Crippen LogP contribution is -2.28. The van der Waals surface area contributed by atoms with Gasteiger partial charge in [0.2, 0.25) is 0 Å². The summed E-state index contributed by atoms with van der Waals surface area (Å²) in [6.45, 7) is 1.28. The zero-order valence-electron chi connectivity index (χ0n) is 11.5. The molecule has 0 aliphatic carbocycles. The average molecular weight is 350 g/mol. The van der Waals surface area contributed by atoms with Gasteiger partial charge in [0.25, 0.3) is 5.91 Å². The van der Waals surface area contributed by atoms with Gasteiger partial charge in [-0.05, 0) is 30.5 Å². The fourth-order valence-corrected chi connectivity index (χ4v) is 2.58. The van der Waals surface area contributed by atoms with Crippen LogP contribution in [0.3, 0.4) is 0 Å². The van der Waals surface area contributed by atoms with Crippen molar-refractivity contribution in [2.45, 2.75) is 25.5 Å². The van der Waals surface area contributed by atoms with E-state index in [1.54, 1.807) is 16.9 Å². The van der Waals surface area contributed by atoms with E-state index in [0.29, 0.717) is 19.0 Å². The molecule has 0 bridgehead atoms. The van der Waals surface area contributed by atoms with Crippen LogP contribution >= 0.6 is 15.9 Å². The van der Waals surface area contributed by atoms with Gasteiger partial charge in [-0.15, -0.1) is 0 Å². The summed E-state index contributed by atoms with van der Waals surface area (Å²) in [6, 6.07) is 9.83. The maximum absolute atomic E-state index is 12.1. The minimum Gasteiger partial charge on any atom is -0.368 e. The van der Waals surface area contributed by atoms with E-state index in [9.17, 15) is 4.79 Å². The average Bonchev–Trinajstić information content (AvgIpc) is 3.14. The number of carbonyl (C=O) groups excluding carboxylic acids is 1. The molecule has 1 aliphatic rings. The highest BCUT2D eigenvalue weighted by Crippen LogP contribution is 2.17. The molecular formula is C15H16BrN3O2. The number of nitrogens with one attached hydrogen (secondary N) is 1. The van der Waals surface area contributed by atoms with Crippen LogP contribution in [-0.4, -0.2) is 28.4 Å². The van der Waals surface area contributed by atoms with Crippen LogP contribution in [0.4, 0.5) is 5.82 Å². The van der Waals surface area contributed by atoms with E-state index in [-0.39, 0.29) is 12.0 Å². The van der Waals surface area contributed by atoms with Crippen molar-refractivity contribution in [1.29, 1.82) is 0 Å². The Morgan fingerprint density at radius 3 is 2.90 bits per heavy atom. The molecule has 1 fully saturated rings. The highest BCUT2D eigenvalue weighted by atomic mass is 79.9. The zero-order chi connectivity index (χ0) is 14.7. The van der Waals surface area contributed by atoms with Gasteiger partial charge in [0.15, 0.2) is 0 Å². The summed E-state index contributed by atoms with van der Waals surface area (Å²) in [7, 11) is 0. The normalized spacial score (nSPS) is 17.9. The molecule has 2 heterocycles. The maximum atomic E-state index is 12.1. The number of benzene rings is 1. The number of ether oxygens (including phenoxy) is 1. The third kappa shape index (κ3) is 3.51. The number of nitrogens with zero attached hydrogens (tertiary/aromatic N) is 2. The van der Waals surface area contributed by atoms with Crippen molar-refractivity contribution < 1.29 is 9.53 Å². The first-order valence-corrected chi connectivity index (χ1v) is 7.70. The third-order valence-corrected chi connectivity index (χ3v) is 3.96. The second kappa shape index (κ2) is 6.41. The van der Waals surface area contributed by atoms with E-state index in [1.165, 1.54) is 0 Å². The predicted molar refractivity (Wildman–Crippen MR) is 83.1 cm³/mol. The minimum atomic E-state index is -0.332. The molecule has 1 aliphatic heterocycles. The Morgan fingerprint density at radius 2 is 2.19 bits per heavy atom. The standard InChI is InChI=1S/C15H16BrN3O2/c16-12-5-3-11(4-6-12)10-19-14(7-8-17-19)18-15(20)13-2-1-9-21-13/h3-8,13H,1-2,9-10H2,(H,18,20)/t13-/m1/s1.